The van der Waals surface area contributed by atoms with Crippen molar-refractivity contribution in [3.8, 4) is 5.75 Å². The quantitative estimate of drug-likeness (QED) is 0.857. The summed E-state index contributed by atoms with van der Waals surface area (Å²) in [7, 11) is 0. The molecule has 2 amide bonds. The first kappa shape index (κ1) is 17.3. The van der Waals surface area contributed by atoms with Crippen molar-refractivity contribution in [2.75, 3.05) is 0 Å². The molecule has 3 saturated carbocycles. The van der Waals surface area contributed by atoms with Gasteiger partial charge in [-0.05, 0) is 48.9 Å². The van der Waals surface area contributed by atoms with Gasteiger partial charge in [-0.15, -0.1) is 0 Å². The first-order valence-corrected chi connectivity index (χ1v) is 9.90. The van der Waals surface area contributed by atoms with Crippen LogP contribution in [-0.4, -0.2) is 17.5 Å². The van der Waals surface area contributed by atoms with E-state index in [9.17, 15) is 9.59 Å². The van der Waals surface area contributed by atoms with E-state index in [1.54, 1.807) is 12.3 Å². The average Bonchev–Trinajstić information content (AvgIpc) is 3.19. The molecule has 1 spiro atoms. The molecule has 0 saturated heterocycles. The number of rotatable bonds is 3. The summed E-state index contributed by atoms with van der Waals surface area (Å²) in [4.78, 5) is 25.6. The highest BCUT2D eigenvalue weighted by Crippen LogP contribution is 2.58. The predicted octanol–water partition coefficient (Wildman–Crippen LogP) is 3.24. The molecule has 2 heterocycles. The molecular weight excluding hydrogens is 356 g/mol. The maximum absolute atomic E-state index is 12.9. The molecule has 2 N–H and O–H groups in total. The zero-order chi connectivity index (χ0) is 19.4. The van der Waals surface area contributed by atoms with E-state index in [0.717, 1.165) is 18.6 Å². The second kappa shape index (κ2) is 6.12. The Labute approximate surface area is 163 Å². The third-order valence-electron chi connectivity index (χ3n) is 6.83. The number of benzene rings is 1. The smallest absolute Gasteiger partial charge is 0.258 e. The number of furan rings is 1. The van der Waals surface area contributed by atoms with Gasteiger partial charge in [0.15, 0.2) is 5.72 Å². The van der Waals surface area contributed by atoms with Crippen LogP contribution in [0.15, 0.2) is 47.1 Å². The van der Waals surface area contributed by atoms with Gasteiger partial charge in [0.1, 0.15) is 11.5 Å². The largest absolute Gasteiger partial charge is 0.467 e. The van der Waals surface area contributed by atoms with Crippen LogP contribution in [0.2, 0.25) is 0 Å². The van der Waals surface area contributed by atoms with Crippen molar-refractivity contribution >= 4 is 11.8 Å². The van der Waals surface area contributed by atoms with Crippen LogP contribution in [0.1, 0.15) is 48.7 Å². The van der Waals surface area contributed by atoms with Crippen LogP contribution >= 0.6 is 0 Å². The van der Waals surface area contributed by atoms with Crippen LogP contribution in [-0.2, 0) is 11.3 Å². The molecule has 2 aromatic rings. The number of hydrogen-bond donors (Lipinski definition) is 2. The van der Waals surface area contributed by atoms with Gasteiger partial charge in [0, 0.05) is 18.3 Å². The number of amides is 2. The van der Waals surface area contributed by atoms with Crippen molar-refractivity contribution in [2.45, 2.75) is 44.9 Å². The highest BCUT2D eigenvalue weighted by Gasteiger charge is 2.61. The molecule has 1 aromatic heterocycles. The molecule has 6 heteroatoms. The lowest BCUT2D eigenvalue weighted by Gasteiger charge is -2.59. The molecule has 4 atom stereocenters. The van der Waals surface area contributed by atoms with Crippen LogP contribution in [0.4, 0.5) is 0 Å². The van der Waals surface area contributed by atoms with Crippen LogP contribution in [0.3, 0.4) is 0 Å². The van der Waals surface area contributed by atoms with Crippen molar-refractivity contribution < 1.29 is 18.7 Å². The third kappa shape index (κ3) is 2.62. The van der Waals surface area contributed by atoms with Crippen molar-refractivity contribution in [3.05, 3.63) is 54.0 Å². The Morgan fingerprint density at radius 3 is 2.93 bits per heavy atom. The molecule has 1 aromatic carbocycles. The Bertz CT molecular complexity index is 924. The Balaban J connectivity index is 1.37. The van der Waals surface area contributed by atoms with E-state index in [2.05, 4.69) is 17.6 Å². The zero-order valence-electron chi connectivity index (χ0n) is 15.9. The van der Waals surface area contributed by atoms with Gasteiger partial charge in [0.05, 0.1) is 18.4 Å². The summed E-state index contributed by atoms with van der Waals surface area (Å²) in [5.74, 6) is 1.38. The molecule has 28 heavy (non-hydrogen) atoms. The van der Waals surface area contributed by atoms with Crippen molar-refractivity contribution in [2.24, 2.45) is 17.3 Å². The Morgan fingerprint density at radius 1 is 1.29 bits per heavy atom. The fourth-order valence-corrected chi connectivity index (χ4v) is 5.37. The van der Waals surface area contributed by atoms with E-state index in [4.69, 9.17) is 9.15 Å². The van der Waals surface area contributed by atoms with Gasteiger partial charge in [-0.3, -0.25) is 9.59 Å². The summed E-state index contributed by atoms with van der Waals surface area (Å²) in [5.41, 5.74) is -0.356. The molecular formula is C22H24N2O4. The van der Waals surface area contributed by atoms with Gasteiger partial charge in [0.25, 0.3) is 5.91 Å². The number of nitrogens with one attached hydrogen (secondary N) is 2. The predicted molar refractivity (Wildman–Crippen MR) is 101 cm³/mol. The second-order valence-corrected chi connectivity index (χ2v) is 8.59. The average molecular weight is 380 g/mol. The van der Waals surface area contributed by atoms with Gasteiger partial charge in [-0.2, -0.15) is 0 Å². The lowest BCUT2D eigenvalue weighted by atomic mass is 9.52. The normalized spacial score (nSPS) is 33.1. The number of para-hydroxylation sites is 1. The van der Waals surface area contributed by atoms with Crippen molar-refractivity contribution in [3.63, 3.8) is 0 Å². The number of ether oxygens (including phenoxy) is 1. The minimum absolute atomic E-state index is 0.0565. The highest BCUT2D eigenvalue weighted by molar-refractivity contribution is 5.98. The number of carbonyl (C=O) groups is 2. The van der Waals surface area contributed by atoms with E-state index in [1.807, 2.05) is 30.3 Å². The lowest BCUT2D eigenvalue weighted by molar-refractivity contribution is -0.167. The van der Waals surface area contributed by atoms with Gasteiger partial charge in [-0.1, -0.05) is 19.1 Å². The van der Waals surface area contributed by atoms with E-state index in [0.29, 0.717) is 30.7 Å². The van der Waals surface area contributed by atoms with Gasteiger partial charge >= 0.3 is 0 Å². The molecule has 2 bridgehead atoms. The summed E-state index contributed by atoms with van der Waals surface area (Å²) in [5, 5.41) is 6.17. The number of fused-ring (bicyclic) bond motifs is 3. The lowest BCUT2D eigenvalue weighted by Crippen LogP contribution is -2.69. The van der Waals surface area contributed by atoms with Crippen LogP contribution in [0, 0.1) is 17.3 Å². The van der Waals surface area contributed by atoms with E-state index in [-0.39, 0.29) is 29.1 Å². The monoisotopic (exact) mass is 380 g/mol. The standard InChI is InChI=1S/C22H24N2O4/c1-21-9-8-14(11-17(21)20(26)23-12-15-5-4-10-27-15)22(13-21)24-19(25)16-6-2-3-7-18(16)28-22/h2-7,10,14,17H,8-9,11-13H2,1H3,(H,23,26)(H,24,25)/t14-,17-,21+,22+/m1/s1. The van der Waals surface area contributed by atoms with E-state index >= 15 is 0 Å². The van der Waals surface area contributed by atoms with Crippen molar-refractivity contribution in [1.82, 2.24) is 10.6 Å². The summed E-state index contributed by atoms with van der Waals surface area (Å²) in [6.07, 6.45) is 4.86. The SMILES string of the molecule is C[C@@]12CC[C@H](C[C@@H]1C(=O)NCc1ccco1)[C@@]1(C2)NC(=O)c2ccccc2O1. The first-order chi connectivity index (χ1) is 13.5. The number of carbonyl (C=O) groups excluding carboxylic acids is 2. The molecule has 3 fully saturated rings. The van der Waals surface area contributed by atoms with Crippen molar-refractivity contribution in [1.29, 1.82) is 0 Å². The second-order valence-electron chi connectivity index (χ2n) is 8.59. The van der Waals surface area contributed by atoms with Gasteiger partial charge in [-0.25, -0.2) is 0 Å². The van der Waals surface area contributed by atoms with Crippen LogP contribution in [0.25, 0.3) is 0 Å². The molecule has 1 aliphatic heterocycles. The third-order valence-corrected chi connectivity index (χ3v) is 6.83. The Kier molecular flexibility index (Phi) is 3.79. The summed E-state index contributed by atoms with van der Waals surface area (Å²) in [6.45, 7) is 2.55. The van der Waals surface area contributed by atoms with E-state index < -0.39 is 5.72 Å². The Morgan fingerprint density at radius 2 is 2.14 bits per heavy atom. The molecule has 3 aliphatic carbocycles. The van der Waals surface area contributed by atoms with Gasteiger partial charge < -0.3 is 19.8 Å². The summed E-state index contributed by atoms with van der Waals surface area (Å²) >= 11 is 0. The molecule has 146 valence electrons. The van der Waals surface area contributed by atoms with Gasteiger partial charge in [0.2, 0.25) is 5.91 Å². The van der Waals surface area contributed by atoms with E-state index in [1.165, 1.54) is 0 Å². The minimum Gasteiger partial charge on any atom is -0.467 e. The topological polar surface area (TPSA) is 80.6 Å². The molecule has 6 nitrogen and oxygen atoms in total. The van der Waals surface area contributed by atoms with Crippen LogP contribution < -0.4 is 15.4 Å². The molecule has 6 rings (SSSR count). The maximum Gasteiger partial charge on any atom is 0.258 e. The fourth-order valence-electron chi connectivity index (χ4n) is 5.37. The maximum atomic E-state index is 12.9. The Hall–Kier alpha value is -2.76. The highest BCUT2D eigenvalue weighted by atomic mass is 16.5. The first-order valence-electron chi connectivity index (χ1n) is 9.90. The summed E-state index contributed by atoms with van der Waals surface area (Å²) in [6, 6.07) is 11.0. The fraction of sp³-hybridized carbons (Fsp3) is 0.455. The molecule has 0 radical (unpaired) electrons. The molecule has 0 unspecified atom stereocenters. The summed E-state index contributed by atoms with van der Waals surface area (Å²) < 4.78 is 11.7. The minimum atomic E-state index is -0.712. The number of hydrogen-bond acceptors (Lipinski definition) is 4. The zero-order valence-corrected chi connectivity index (χ0v) is 15.9. The molecule has 4 aliphatic rings. The van der Waals surface area contributed by atoms with Crippen LogP contribution in [0.5, 0.6) is 5.75 Å².